The van der Waals surface area contributed by atoms with Gasteiger partial charge in [0.2, 0.25) is 6.29 Å². The fourth-order valence-electron chi connectivity index (χ4n) is 10.8. The van der Waals surface area contributed by atoms with E-state index in [9.17, 15) is 15.3 Å². The van der Waals surface area contributed by atoms with Gasteiger partial charge in [0.05, 0.1) is 17.6 Å². The lowest BCUT2D eigenvalue weighted by Gasteiger charge is -2.55. The van der Waals surface area contributed by atoms with Gasteiger partial charge in [0.25, 0.3) is 0 Å². The van der Waals surface area contributed by atoms with Crippen molar-refractivity contribution in [2.75, 3.05) is 57.7 Å². The molecule has 3 fully saturated rings. The Balaban J connectivity index is 1.61. The maximum absolute atomic E-state index is 13.7. The molecule has 0 amide bonds. The molecule has 9 nitrogen and oxygen atoms in total. The van der Waals surface area contributed by atoms with Gasteiger partial charge in [0, 0.05) is 31.2 Å². The minimum atomic E-state index is -1.38. The number of nitrogens with one attached hydrogen (secondary N) is 1. The maximum Gasteiger partial charge on any atom is 0.207 e. The van der Waals surface area contributed by atoms with E-state index in [1.165, 1.54) is 32.1 Å². The summed E-state index contributed by atoms with van der Waals surface area (Å²) in [6, 6.07) is 17.4. The van der Waals surface area contributed by atoms with Gasteiger partial charge in [-0.25, -0.2) is 0 Å². The summed E-state index contributed by atoms with van der Waals surface area (Å²) in [7, 11) is 0. The molecule has 3 aliphatic heterocycles. The maximum atomic E-state index is 13.7. The highest BCUT2D eigenvalue weighted by molar-refractivity contribution is 5.58. The van der Waals surface area contributed by atoms with Gasteiger partial charge in [0.15, 0.2) is 6.29 Å². The van der Waals surface area contributed by atoms with Gasteiger partial charge < -0.3 is 39.9 Å². The lowest BCUT2D eigenvalue weighted by atomic mass is 9.67. The number of aliphatic hydroxyl groups is 3. The molecule has 0 spiro atoms. The van der Waals surface area contributed by atoms with Crippen molar-refractivity contribution in [1.29, 1.82) is 0 Å². The standard InChI is InChI=1S/C52H80N4O5/c1-38-23-20-24-39(2)47(38)53-50(44(57)36-54-29-14-10-11-15-30-54)52(37-55-31-16-12-13-17-32-55,51(59)61-49-42(5)27-22-28-43(49)6)45(56-33-18-8-7-9-19-34-56)35-46(58)60-48-40(3)25-21-26-41(48)4/h20-28,44-46,50-51,53,57-59H,7-19,29-37H2,1-6H3. The Kier molecular flexibility index (Phi) is 17.8. The SMILES string of the molecule is Cc1cccc(C)c1NC(C(O)CN1CCCCCC1)C(CN1CCCCCC1)(C(O)Oc1c(C)cccc1C)C(CC(O)Oc1c(C)cccc1C)N1CCCCCCC1. The van der Waals surface area contributed by atoms with Crippen LogP contribution in [0.3, 0.4) is 0 Å². The van der Waals surface area contributed by atoms with E-state index in [-0.39, 0.29) is 6.42 Å². The summed E-state index contributed by atoms with van der Waals surface area (Å²) >= 11 is 0. The van der Waals surface area contributed by atoms with Crippen LogP contribution in [0.5, 0.6) is 11.5 Å². The molecule has 6 atom stereocenters. The lowest BCUT2D eigenvalue weighted by Crippen LogP contribution is -2.70. The van der Waals surface area contributed by atoms with Gasteiger partial charge in [-0.15, -0.1) is 0 Å². The third kappa shape index (κ3) is 12.3. The summed E-state index contributed by atoms with van der Waals surface area (Å²) < 4.78 is 13.8. The normalized spacial score (nSPS) is 21.4. The van der Waals surface area contributed by atoms with E-state index in [4.69, 9.17) is 9.47 Å². The number of nitrogens with zero attached hydrogens (tertiary/aromatic N) is 3. The molecule has 0 aromatic heterocycles. The number of benzene rings is 3. The number of anilines is 1. The Morgan fingerprint density at radius 3 is 1.44 bits per heavy atom. The van der Waals surface area contributed by atoms with Crippen LogP contribution in [0.2, 0.25) is 0 Å². The molecule has 3 aromatic carbocycles. The van der Waals surface area contributed by atoms with Crippen LogP contribution < -0.4 is 14.8 Å². The second-order valence-electron chi connectivity index (χ2n) is 19.0. The van der Waals surface area contributed by atoms with E-state index >= 15 is 0 Å². The molecule has 0 bridgehead atoms. The van der Waals surface area contributed by atoms with Crippen LogP contribution in [0.4, 0.5) is 5.69 Å². The molecule has 3 aliphatic rings. The number of aliphatic hydroxyl groups excluding tert-OH is 3. The predicted octanol–water partition coefficient (Wildman–Crippen LogP) is 9.24. The first kappa shape index (κ1) is 47.3. The van der Waals surface area contributed by atoms with Crippen molar-refractivity contribution in [3.05, 3.63) is 88.0 Å². The Labute approximate surface area is 368 Å². The molecule has 0 saturated carbocycles. The van der Waals surface area contributed by atoms with Crippen LogP contribution in [0.15, 0.2) is 54.6 Å². The highest BCUT2D eigenvalue weighted by Gasteiger charge is 2.58. The smallest absolute Gasteiger partial charge is 0.207 e. The van der Waals surface area contributed by atoms with Gasteiger partial charge in [-0.3, -0.25) is 4.90 Å². The third-order valence-electron chi connectivity index (χ3n) is 14.2. The minimum absolute atomic E-state index is 0.218. The van der Waals surface area contributed by atoms with Crippen LogP contribution in [0, 0.1) is 47.0 Å². The number of aryl methyl sites for hydroxylation is 6. The fraction of sp³-hybridized carbons (Fsp3) is 0.654. The van der Waals surface area contributed by atoms with Crippen molar-refractivity contribution in [2.45, 2.75) is 162 Å². The molecule has 3 heterocycles. The van der Waals surface area contributed by atoms with Crippen LogP contribution in [0.25, 0.3) is 0 Å². The number of para-hydroxylation sites is 3. The predicted molar refractivity (Wildman–Crippen MR) is 250 cm³/mol. The van der Waals surface area contributed by atoms with Gasteiger partial charge in [-0.05, 0) is 153 Å². The van der Waals surface area contributed by atoms with Crippen LogP contribution in [0.1, 0.15) is 123 Å². The van der Waals surface area contributed by atoms with Crippen molar-refractivity contribution in [2.24, 2.45) is 5.41 Å². The van der Waals surface area contributed by atoms with E-state index in [0.717, 1.165) is 130 Å². The summed E-state index contributed by atoms with van der Waals surface area (Å²) in [6.45, 7) is 18.6. The monoisotopic (exact) mass is 841 g/mol. The molecule has 3 saturated heterocycles. The van der Waals surface area contributed by atoms with Crippen molar-refractivity contribution in [3.63, 3.8) is 0 Å². The highest BCUT2D eigenvalue weighted by Crippen LogP contribution is 2.45. The quantitative estimate of drug-likeness (QED) is 0.0992. The van der Waals surface area contributed by atoms with Gasteiger partial charge >= 0.3 is 0 Å². The zero-order valence-electron chi connectivity index (χ0n) is 38.6. The van der Waals surface area contributed by atoms with Crippen LogP contribution in [-0.2, 0) is 0 Å². The highest BCUT2D eigenvalue weighted by atomic mass is 16.6. The molecular formula is C52H80N4O5. The summed E-state index contributed by atoms with van der Waals surface area (Å²) in [4.78, 5) is 7.53. The average molecular weight is 841 g/mol. The zero-order valence-corrected chi connectivity index (χ0v) is 38.6. The van der Waals surface area contributed by atoms with E-state index < -0.39 is 36.2 Å². The number of hydrogen-bond donors (Lipinski definition) is 4. The molecule has 6 unspecified atom stereocenters. The summed E-state index contributed by atoms with van der Waals surface area (Å²) in [5.74, 6) is 1.36. The molecular weight excluding hydrogens is 761 g/mol. The van der Waals surface area contributed by atoms with E-state index in [0.29, 0.717) is 24.6 Å². The average Bonchev–Trinajstić information content (AvgIpc) is 3.64. The number of likely N-dealkylation sites (tertiary alicyclic amines) is 3. The number of hydrogen-bond acceptors (Lipinski definition) is 9. The third-order valence-corrected chi connectivity index (χ3v) is 14.2. The van der Waals surface area contributed by atoms with E-state index in [2.05, 4.69) is 52.1 Å². The van der Waals surface area contributed by atoms with Crippen molar-refractivity contribution >= 4 is 5.69 Å². The second kappa shape index (κ2) is 23.0. The van der Waals surface area contributed by atoms with Crippen molar-refractivity contribution in [1.82, 2.24) is 14.7 Å². The first-order chi connectivity index (χ1) is 29.5. The number of ether oxygens (including phenoxy) is 2. The molecule has 338 valence electrons. The molecule has 61 heavy (non-hydrogen) atoms. The van der Waals surface area contributed by atoms with Crippen LogP contribution in [-0.4, -0.2) is 113 Å². The zero-order chi connectivity index (χ0) is 43.4. The summed E-state index contributed by atoms with van der Waals surface area (Å²) in [6.07, 6.45) is 11.4. The topological polar surface area (TPSA) is 101 Å². The Hall–Kier alpha value is -3.18. The van der Waals surface area contributed by atoms with Gasteiger partial charge in [-0.2, -0.15) is 0 Å². The molecule has 9 heteroatoms. The Morgan fingerprint density at radius 1 is 0.541 bits per heavy atom. The number of rotatable bonds is 17. The Morgan fingerprint density at radius 2 is 0.951 bits per heavy atom. The van der Waals surface area contributed by atoms with Crippen molar-refractivity contribution < 1.29 is 24.8 Å². The largest absolute Gasteiger partial charge is 0.465 e. The van der Waals surface area contributed by atoms with E-state index in [1.54, 1.807) is 0 Å². The minimum Gasteiger partial charge on any atom is -0.465 e. The van der Waals surface area contributed by atoms with Gasteiger partial charge in [-0.1, -0.05) is 99.5 Å². The molecule has 3 aromatic rings. The Bertz CT molecular complexity index is 1720. The molecule has 0 aliphatic carbocycles. The molecule has 4 N–H and O–H groups in total. The number of β-amino-alcohol motifs (C(OH)–C–C–N with tert-alkyl or cyclic N) is 1. The first-order valence-corrected chi connectivity index (χ1v) is 24.0. The molecule has 0 radical (unpaired) electrons. The lowest BCUT2D eigenvalue weighted by molar-refractivity contribution is -0.190. The van der Waals surface area contributed by atoms with E-state index in [1.807, 2.05) is 64.1 Å². The molecule has 6 rings (SSSR count). The second-order valence-corrected chi connectivity index (χ2v) is 19.0. The summed E-state index contributed by atoms with van der Waals surface area (Å²) in [5.41, 5.74) is 5.80. The van der Waals surface area contributed by atoms with Crippen molar-refractivity contribution in [3.8, 4) is 11.5 Å². The van der Waals surface area contributed by atoms with Gasteiger partial charge in [0.1, 0.15) is 11.5 Å². The van der Waals surface area contributed by atoms with Crippen LogP contribution >= 0.6 is 0 Å². The fourth-order valence-corrected chi connectivity index (χ4v) is 10.8. The summed E-state index contributed by atoms with van der Waals surface area (Å²) in [5, 5.41) is 43.6. The first-order valence-electron chi connectivity index (χ1n) is 24.0.